The molecule has 0 N–H and O–H groups in total. The molecular weight excluding hydrogens is 246 g/mol. The standard InChI is InChI=1S/C17H23NSi/c1-15(16-9-12-18-13-10-16)11-14-19(2,3)17-7-5-4-6-8-17/h4-10,12-13,15H,11,14H2,1-3H3. The summed E-state index contributed by atoms with van der Waals surface area (Å²) in [6.07, 6.45) is 5.05. The second-order valence-corrected chi connectivity index (χ2v) is 10.8. The molecule has 1 aromatic carbocycles. The van der Waals surface area contributed by atoms with Gasteiger partial charge in [0.2, 0.25) is 0 Å². The topological polar surface area (TPSA) is 12.9 Å². The molecule has 0 saturated carbocycles. The van der Waals surface area contributed by atoms with Crippen molar-refractivity contribution >= 4 is 13.3 Å². The molecule has 1 nitrogen and oxygen atoms in total. The molecule has 1 unspecified atom stereocenters. The molecule has 0 aliphatic heterocycles. The molecule has 2 aromatic rings. The van der Waals surface area contributed by atoms with Crippen LogP contribution in [0.4, 0.5) is 0 Å². The van der Waals surface area contributed by atoms with Crippen molar-refractivity contribution in [2.45, 2.75) is 38.4 Å². The number of pyridine rings is 1. The van der Waals surface area contributed by atoms with E-state index in [9.17, 15) is 0 Å². The fraction of sp³-hybridized carbons (Fsp3) is 0.353. The molecule has 2 rings (SSSR count). The third-order valence-corrected chi connectivity index (χ3v) is 7.47. The maximum Gasteiger partial charge on any atom is 0.0806 e. The van der Waals surface area contributed by atoms with Crippen molar-refractivity contribution in [2.24, 2.45) is 0 Å². The number of aromatic nitrogens is 1. The van der Waals surface area contributed by atoms with E-state index in [4.69, 9.17) is 0 Å². The van der Waals surface area contributed by atoms with E-state index in [0.29, 0.717) is 5.92 Å². The zero-order chi connectivity index (χ0) is 13.7. The summed E-state index contributed by atoms with van der Waals surface area (Å²) in [6, 6.07) is 16.6. The molecule has 0 saturated heterocycles. The van der Waals surface area contributed by atoms with Crippen molar-refractivity contribution in [3.05, 3.63) is 60.4 Å². The second-order valence-electron chi connectivity index (χ2n) is 5.97. The Morgan fingerprint density at radius 1 is 1.00 bits per heavy atom. The normalized spacial score (nSPS) is 13.2. The van der Waals surface area contributed by atoms with Crippen molar-refractivity contribution in [3.63, 3.8) is 0 Å². The number of rotatable bonds is 5. The van der Waals surface area contributed by atoms with Crippen molar-refractivity contribution in [1.29, 1.82) is 0 Å². The van der Waals surface area contributed by atoms with Crippen LogP contribution in [0.25, 0.3) is 0 Å². The number of benzene rings is 1. The summed E-state index contributed by atoms with van der Waals surface area (Å²) in [4.78, 5) is 4.09. The van der Waals surface area contributed by atoms with E-state index in [-0.39, 0.29) is 0 Å². The van der Waals surface area contributed by atoms with Gasteiger partial charge in [-0.3, -0.25) is 4.98 Å². The van der Waals surface area contributed by atoms with Crippen LogP contribution in [-0.4, -0.2) is 13.1 Å². The molecule has 100 valence electrons. The third kappa shape index (κ3) is 3.77. The Hall–Kier alpha value is -1.41. The van der Waals surface area contributed by atoms with Gasteiger partial charge in [-0.05, 0) is 30.0 Å². The van der Waals surface area contributed by atoms with Gasteiger partial charge in [0.15, 0.2) is 0 Å². The molecule has 0 aliphatic carbocycles. The minimum atomic E-state index is -1.29. The van der Waals surface area contributed by atoms with E-state index in [1.165, 1.54) is 18.0 Å². The lowest BCUT2D eigenvalue weighted by atomic mass is 10.0. The van der Waals surface area contributed by atoms with Gasteiger partial charge in [0.25, 0.3) is 0 Å². The van der Waals surface area contributed by atoms with Crippen LogP contribution < -0.4 is 5.19 Å². The smallest absolute Gasteiger partial charge is 0.0806 e. The highest BCUT2D eigenvalue weighted by molar-refractivity contribution is 6.89. The molecule has 1 aromatic heterocycles. The molecule has 0 bridgehead atoms. The van der Waals surface area contributed by atoms with Gasteiger partial charge < -0.3 is 0 Å². The molecule has 0 aliphatic rings. The van der Waals surface area contributed by atoms with Crippen LogP contribution in [0.2, 0.25) is 19.1 Å². The van der Waals surface area contributed by atoms with E-state index in [2.05, 4.69) is 67.5 Å². The van der Waals surface area contributed by atoms with Crippen molar-refractivity contribution in [3.8, 4) is 0 Å². The van der Waals surface area contributed by atoms with E-state index in [0.717, 1.165) is 0 Å². The predicted octanol–water partition coefficient (Wildman–Crippen LogP) is 4.19. The summed E-state index contributed by atoms with van der Waals surface area (Å²) in [7, 11) is -1.29. The lowest BCUT2D eigenvalue weighted by molar-refractivity contribution is 0.724. The average Bonchev–Trinajstić information content (AvgIpc) is 2.47. The first-order valence-electron chi connectivity index (χ1n) is 7.05. The molecule has 1 atom stereocenters. The Labute approximate surface area is 117 Å². The van der Waals surface area contributed by atoms with Gasteiger partial charge in [0.1, 0.15) is 0 Å². The summed E-state index contributed by atoms with van der Waals surface area (Å²) in [6.45, 7) is 7.27. The Balaban J connectivity index is 1.99. The fourth-order valence-corrected chi connectivity index (χ4v) is 5.01. The minimum Gasteiger partial charge on any atom is -0.265 e. The van der Waals surface area contributed by atoms with Crippen LogP contribution in [0.5, 0.6) is 0 Å². The SMILES string of the molecule is CC(CC[Si](C)(C)c1ccccc1)c1ccncc1. The lowest BCUT2D eigenvalue weighted by Crippen LogP contribution is -2.41. The maximum absolute atomic E-state index is 4.09. The van der Waals surface area contributed by atoms with Gasteiger partial charge in [-0.1, -0.05) is 61.6 Å². The summed E-state index contributed by atoms with van der Waals surface area (Å²) in [5.74, 6) is 0.624. The van der Waals surface area contributed by atoms with E-state index < -0.39 is 8.07 Å². The first-order valence-corrected chi connectivity index (χ1v) is 10.3. The molecule has 2 heteroatoms. The molecule has 0 radical (unpaired) electrons. The predicted molar refractivity (Wildman–Crippen MR) is 85.6 cm³/mol. The Bertz CT molecular complexity index is 493. The van der Waals surface area contributed by atoms with Crippen LogP contribution in [0.3, 0.4) is 0 Å². The minimum absolute atomic E-state index is 0.624. The highest BCUT2D eigenvalue weighted by Crippen LogP contribution is 2.24. The highest BCUT2D eigenvalue weighted by atomic mass is 28.3. The van der Waals surface area contributed by atoms with E-state index >= 15 is 0 Å². The summed E-state index contributed by atoms with van der Waals surface area (Å²) in [5, 5.41) is 1.57. The van der Waals surface area contributed by atoms with Gasteiger partial charge >= 0.3 is 0 Å². The Morgan fingerprint density at radius 3 is 2.26 bits per heavy atom. The second kappa shape index (κ2) is 6.16. The third-order valence-electron chi connectivity index (χ3n) is 4.03. The van der Waals surface area contributed by atoms with Gasteiger partial charge in [-0.25, -0.2) is 0 Å². The zero-order valence-corrected chi connectivity index (χ0v) is 13.1. The van der Waals surface area contributed by atoms with E-state index in [1.54, 1.807) is 5.19 Å². The highest BCUT2D eigenvalue weighted by Gasteiger charge is 2.23. The first-order chi connectivity index (χ1) is 9.09. The fourth-order valence-electron chi connectivity index (χ4n) is 2.47. The van der Waals surface area contributed by atoms with Crippen LogP contribution in [0.1, 0.15) is 24.8 Å². The lowest BCUT2D eigenvalue weighted by Gasteiger charge is -2.24. The van der Waals surface area contributed by atoms with Crippen LogP contribution in [0, 0.1) is 0 Å². The number of hydrogen-bond acceptors (Lipinski definition) is 1. The van der Waals surface area contributed by atoms with E-state index in [1.807, 2.05) is 12.4 Å². The molecule has 1 heterocycles. The van der Waals surface area contributed by atoms with Gasteiger partial charge in [0, 0.05) is 12.4 Å². The summed E-state index contributed by atoms with van der Waals surface area (Å²) >= 11 is 0. The number of nitrogens with zero attached hydrogens (tertiary/aromatic N) is 1. The first kappa shape index (κ1) is 14.0. The summed E-state index contributed by atoms with van der Waals surface area (Å²) < 4.78 is 0. The number of hydrogen-bond donors (Lipinski definition) is 0. The molecule has 0 fully saturated rings. The monoisotopic (exact) mass is 269 g/mol. The van der Waals surface area contributed by atoms with Crippen LogP contribution in [-0.2, 0) is 0 Å². The average molecular weight is 269 g/mol. The Morgan fingerprint density at radius 2 is 1.63 bits per heavy atom. The van der Waals surface area contributed by atoms with Gasteiger partial charge in [-0.15, -0.1) is 0 Å². The van der Waals surface area contributed by atoms with Gasteiger partial charge in [0.05, 0.1) is 8.07 Å². The summed E-state index contributed by atoms with van der Waals surface area (Å²) in [5.41, 5.74) is 1.41. The van der Waals surface area contributed by atoms with Crippen molar-refractivity contribution in [2.75, 3.05) is 0 Å². The molecular formula is C17H23NSi. The quantitative estimate of drug-likeness (QED) is 0.742. The van der Waals surface area contributed by atoms with Crippen molar-refractivity contribution < 1.29 is 0 Å². The maximum atomic E-state index is 4.09. The molecule has 19 heavy (non-hydrogen) atoms. The van der Waals surface area contributed by atoms with Crippen LogP contribution in [0.15, 0.2) is 54.9 Å². The molecule has 0 amide bonds. The zero-order valence-electron chi connectivity index (χ0n) is 12.1. The Kier molecular flexibility index (Phi) is 4.54. The van der Waals surface area contributed by atoms with Crippen molar-refractivity contribution in [1.82, 2.24) is 4.98 Å². The molecule has 0 spiro atoms. The van der Waals surface area contributed by atoms with Crippen LogP contribution >= 0.6 is 0 Å². The largest absolute Gasteiger partial charge is 0.265 e. The van der Waals surface area contributed by atoms with Gasteiger partial charge in [-0.2, -0.15) is 0 Å².